The first kappa shape index (κ1) is 14.0. The van der Waals surface area contributed by atoms with Crippen molar-refractivity contribution in [2.45, 2.75) is 46.1 Å². The lowest BCUT2D eigenvalue weighted by atomic mass is 10.1. The number of hydrogen-bond acceptors (Lipinski definition) is 3. The largest absolute Gasteiger partial charge is 0.481 e. The number of hydrogen-bond donors (Lipinski definition) is 1. The molecule has 0 radical (unpaired) electrons. The van der Waals surface area contributed by atoms with E-state index in [4.69, 9.17) is 4.74 Å². The summed E-state index contributed by atoms with van der Waals surface area (Å²) < 4.78 is 7.20. The van der Waals surface area contributed by atoms with E-state index in [1.807, 2.05) is 18.7 Å². The summed E-state index contributed by atoms with van der Waals surface area (Å²) in [5, 5.41) is 7.89. The maximum Gasteiger partial charge on any atom is 0.214 e. The summed E-state index contributed by atoms with van der Waals surface area (Å²) >= 11 is 0. The van der Waals surface area contributed by atoms with Crippen LogP contribution in [0.4, 0.5) is 0 Å². The van der Waals surface area contributed by atoms with Crippen LogP contribution < -0.4 is 10.1 Å². The van der Waals surface area contributed by atoms with Gasteiger partial charge >= 0.3 is 0 Å². The minimum absolute atomic E-state index is 0.541. The highest BCUT2D eigenvalue weighted by molar-refractivity contribution is 5.31. The number of ether oxygens (including phenoxy) is 1. The Balaban J connectivity index is 2.56. The molecule has 0 spiro atoms. The average Bonchev–Trinajstić information content (AvgIpc) is 2.57. The molecule has 1 N–H and O–H groups in total. The molecule has 98 valence electrons. The van der Waals surface area contributed by atoms with Gasteiger partial charge in [0, 0.05) is 18.7 Å². The van der Waals surface area contributed by atoms with Crippen LogP contribution in [0.3, 0.4) is 0 Å². The molecule has 0 aromatic carbocycles. The monoisotopic (exact) mass is 239 g/mol. The van der Waals surface area contributed by atoms with Crippen LogP contribution in [0, 0.1) is 6.92 Å². The van der Waals surface area contributed by atoms with Gasteiger partial charge in [-0.2, -0.15) is 5.10 Å². The summed E-state index contributed by atoms with van der Waals surface area (Å²) in [6.45, 7) is 7.55. The SMILES string of the molecule is CCCNC(C)CCc1c(C)nn(C)c1OC. The molecule has 1 atom stereocenters. The van der Waals surface area contributed by atoms with Crippen molar-refractivity contribution in [3.05, 3.63) is 11.3 Å². The lowest BCUT2D eigenvalue weighted by Gasteiger charge is -2.13. The Labute approximate surface area is 104 Å². The van der Waals surface area contributed by atoms with Gasteiger partial charge in [0.2, 0.25) is 5.88 Å². The van der Waals surface area contributed by atoms with Crippen molar-refractivity contribution in [3.8, 4) is 5.88 Å². The van der Waals surface area contributed by atoms with Gasteiger partial charge in [-0.1, -0.05) is 6.92 Å². The van der Waals surface area contributed by atoms with E-state index in [9.17, 15) is 0 Å². The van der Waals surface area contributed by atoms with Crippen LogP contribution in [0.2, 0.25) is 0 Å². The fourth-order valence-corrected chi connectivity index (χ4v) is 2.08. The maximum absolute atomic E-state index is 5.39. The van der Waals surface area contributed by atoms with Crippen LogP contribution in [-0.2, 0) is 13.5 Å². The number of methoxy groups -OCH3 is 1. The molecular weight excluding hydrogens is 214 g/mol. The molecule has 0 aliphatic carbocycles. The molecule has 1 aromatic heterocycles. The average molecular weight is 239 g/mol. The highest BCUT2D eigenvalue weighted by Crippen LogP contribution is 2.22. The predicted molar refractivity (Wildman–Crippen MR) is 70.6 cm³/mol. The fraction of sp³-hybridized carbons (Fsp3) is 0.769. The molecule has 1 unspecified atom stereocenters. The summed E-state index contributed by atoms with van der Waals surface area (Å²) in [7, 11) is 3.63. The molecule has 0 aliphatic rings. The second-order valence-corrected chi connectivity index (χ2v) is 4.59. The second-order valence-electron chi connectivity index (χ2n) is 4.59. The molecule has 4 nitrogen and oxygen atoms in total. The molecular formula is C13H25N3O. The Morgan fingerprint density at radius 1 is 1.47 bits per heavy atom. The molecule has 17 heavy (non-hydrogen) atoms. The summed E-state index contributed by atoms with van der Waals surface area (Å²) in [5.41, 5.74) is 2.31. The summed E-state index contributed by atoms with van der Waals surface area (Å²) in [5.74, 6) is 0.894. The molecule has 0 saturated carbocycles. The second kappa shape index (κ2) is 6.64. The van der Waals surface area contributed by atoms with Crippen molar-refractivity contribution in [1.29, 1.82) is 0 Å². The van der Waals surface area contributed by atoms with E-state index >= 15 is 0 Å². The van der Waals surface area contributed by atoms with Gasteiger partial charge in [-0.05, 0) is 39.7 Å². The van der Waals surface area contributed by atoms with Gasteiger partial charge in [0.1, 0.15) is 0 Å². The summed E-state index contributed by atoms with van der Waals surface area (Å²) in [6.07, 6.45) is 3.31. The molecule has 1 aromatic rings. The lowest BCUT2D eigenvalue weighted by Crippen LogP contribution is -2.27. The van der Waals surface area contributed by atoms with Gasteiger partial charge in [0.05, 0.1) is 12.8 Å². The van der Waals surface area contributed by atoms with Crippen LogP contribution in [0.15, 0.2) is 0 Å². The van der Waals surface area contributed by atoms with Gasteiger partial charge in [0.25, 0.3) is 0 Å². The van der Waals surface area contributed by atoms with Gasteiger partial charge in [-0.25, -0.2) is 4.68 Å². The van der Waals surface area contributed by atoms with Gasteiger partial charge in [-0.3, -0.25) is 0 Å². The Morgan fingerprint density at radius 2 is 2.18 bits per heavy atom. The van der Waals surface area contributed by atoms with E-state index in [0.29, 0.717) is 6.04 Å². The quantitative estimate of drug-likeness (QED) is 0.791. The normalized spacial score (nSPS) is 12.8. The Kier molecular flexibility index (Phi) is 5.48. The van der Waals surface area contributed by atoms with Crippen molar-refractivity contribution in [3.63, 3.8) is 0 Å². The molecule has 1 heterocycles. The van der Waals surface area contributed by atoms with Crippen LogP contribution in [0.25, 0.3) is 0 Å². The first-order valence-corrected chi connectivity index (χ1v) is 6.40. The third-order valence-corrected chi connectivity index (χ3v) is 3.05. The van der Waals surface area contributed by atoms with Crippen LogP contribution in [0.5, 0.6) is 5.88 Å². The summed E-state index contributed by atoms with van der Waals surface area (Å²) in [6, 6.07) is 0.541. The first-order valence-electron chi connectivity index (χ1n) is 6.40. The topological polar surface area (TPSA) is 39.1 Å². The number of nitrogens with one attached hydrogen (secondary N) is 1. The van der Waals surface area contributed by atoms with Crippen molar-refractivity contribution >= 4 is 0 Å². The predicted octanol–water partition coefficient (Wildman–Crippen LogP) is 2.06. The molecule has 0 amide bonds. The fourth-order valence-electron chi connectivity index (χ4n) is 2.08. The van der Waals surface area contributed by atoms with Crippen LogP contribution in [-0.4, -0.2) is 29.5 Å². The molecule has 0 saturated heterocycles. The van der Waals surface area contributed by atoms with Crippen LogP contribution >= 0.6 is 0 Å². The zero-order valence-electron chi connectivity index (χ0n) is 11.7. The maximum atomic E-state index is 5.39. The van der Waals surface area contributed by atoms with Gasteiger partial charge in [0.15, 0.2) is 0 Å². The van der Waals surface area contributed by atoms with E-state index in [0.717, 1.165) is 31.0 Å². The third-order valence-electron chi connectivity index (χ3n) is 3.05. The molecule has 0 bridgehead atoms. The van der Waals surface area contributed by atoms with E-state index < -0.39 is 0 Å². The summed E-state index contributed by atoms with van der Waals surface area (Å²) in [4.78, 5) is 0. The third kappa shape index (κ3) is 3.73. The number of nitrogens with zero attached hydrogens (tertiary/aromatic N) is 2. The molecule has 4 heteroatoms. The lowest BCUT2D eigenvalue weighted by molar-refractivity contribution is 0.368. The van der Waals surface area contributed by atoms with Crippen molar-refractivity contribution in [2.24, 2.45) is 7.05 Å². The first-order chi connectivity index (χ1) is 8.10. The van der Waals surface area contributed by atoms with Gasteiger partial charge in [-0.15, -0.1) is 0 Å². The molecule has 1 rings (SSSR count). The molecule has 0 aliphatic heterocycles. The highest BCUT2D eigenvalue weighted by Gasteiger charge is 2.14. The van der Waals surface area contributed by atoms with Crippen molar-refractivity contribution in [1.82, 2.24) is 15.1 Å². The van der Waals surface area contributed by atoms with Gasteiger partial charge < -0.3 is 10.1 Å². The smallest absolute Gasteiger partial charge is 0.214 e. The number of aromatic nitrogens is 2. The number of aryl methyl sites for hydroxylation is 2. The van der Waals surface area contributed by atoms with Crippen molar-refractivity contribution in [2.75, 3.05) is 13.7 Å². The zero-order chi connectivity index (χ0) is 12.8. The minimum Gasteiger partial charge on any atom is -0.481 e. The van der Waals surface area contributed by atoms with E-state index in [1.54, 1.807) is 7.11 Å². The van der Waals surface area contributed by atoms with Crippen LogP contribution in [0.1, 0.15) is 37.9 Å². The van der Waals surface area contributed by atoms with E-state index in [1.165, 1.54) is 12.0 Å². The Bertz CT molecular complexity index is 347. The highest BCUT2D eigenvalue weighted by atomic mass is 16.5. The van der Waals surface area contributed by atoms with Crippen molar-refractivity contribution < 1.29 is 4.74 Å². The minimum atomic E-state index is 0.541. The molecule has 0 fully saturated rings. The van der Waals surface area contributed by atoms with E-state index in [2.05, 4.69) is 24.3 Å². The standard InChI is InChI=1S/C13H25N3O/c1-6-9-14-10(2)7-8-12-11(3)15-16(4)13(12)17-5/h10,14H,6-9H2,1-5H3. The number of rotatable bonds is 7. The Morgan fingerprint density at radius 3 is 2.76 bits per heavy atom. The Hall–Kier alpha value is -1.03. The zero-order valence-corrected chi connectivity index (χ0v) is 11.7. The van der Waals surface area contributed by atoms with E-state index in [-0.39, 0.29) is 0 Å².